The van der Waals surface area contributed by atoms with Gasteiger partial charge >= 0.3 is 39.0 Å². The molecule has 0 amide bonds. The molecule has 670 valence electrons. The minimum Gasteiger partial charge on any atom is -0.548 e. The summed E-state index contributed by atoms with van der Waals surface area (Å²) in [6.45, 7) is 53.9. The van der Waals surface area contributed by atoms with E-state index in [1.165, 1.54) is 66.8 Å². The maximum Gasteiger partial charge on any atom is 2.00 e. The molecule has 14 aromatic rings. The van der Waals surface area contributed by atoms with Crippen LogP contribution in [0, 0.1) is 180 Å². The van der Waals surface area contributed by atoms with E-state index in [1.54, 1.807) is 12.4 Å². The summed E-state index contributed by atoms with van der Waals surface area (Å²) in [6, 6.07) is 63.1. The molecule has 0 fully saturated rings. The van der Waals surface area contributed by atoms with Crippen LogP contribution in [0.15, 0.2) is 194 Å². The predicted octanol–water partition coefficient (Wildman–Crippen LogP) is 20.5. The van der Waals surface area contributed by atoms with Crippen LogP contribution in [0.3, 0.4) is 0 Å². The number of hydrogen-bond acceptors (Lipinski definition) is 10. The number of nitrogens with zero attached hydrogens (tertiary/aromatic N) is 2. The van der Waals surface area contributed by atoms with Crippen LogP contribution in [0.25, 0.3) is 0 Å². The first kappa shape index (κ1) is 94.7. The zero-order chi connectivity index (χ0) is 93.5. The Balaban J connectivity index is 0.000000127. The van der Waals surface area contributed by atoms with Crippen molar-refractivity contribution in [2.45, 2.75) is 225 Å². The normalized spacial score (nSPS) is 19.2. The van der Waals surface area contributed by atoms with Gasteiger partial charge in [-0.3, -0.25) is 9.97 Å². The van der Waals surface area contributed by atoms with Crippen LogP contribution in [0.2, 0.25) is 0 Å². The monoisotopic (exact) mass is 1920 g/mol. The van der Waals surface area contributed by atoms with Gasteiger partial charge in [0.2, 0.25) is 0 Å². The van der Waals surface area contributed by atoms with Gasteiger partial charge in [-0.1, -0.05) is 158 Å². The second-order valence-corrected chi connectivity index (χ2v) is 39.1. The van der Waals surface area contributed by atoms with Gasteiger partial charge in [0, 0.05) is 47.5 Å². The van der Waals surface area contributed by atoms with E-state index in [9.17, 15) is 39.6 Å². The van der Waals surface area contributed by atoms with E-state index >= 15 is 0 Å². The van der Waals surface area contributed by atoms with Crippen LogP contribution < -0.4 is 20.4 Å². The third-order valence-corrected chi connectivity index (χ3v) is 31.4. The molecule has 0 atom stereocenters. The zero-order valence-corrected chi connectivity index (χ0v) is 83.9. The maximum absolute atomic E-state index is 13.1. The van der Waals surface area contributed by atoms with Gasteiger partial charge in [0.25, 0.3) is 0 Å². The number of carboxylic acids is 4. The molecule has 12 aliphatic carbocycles. The van der Waals surface area contributed by atoms with E-state index in [0.717, 1.165) is 212 Å². The third kappa shape index (κ3) is 14.0. The van der Waals surface area contributed by atoms with E-state index < -0.39 is 45.5 Å². The van der Waals surface area contributed by atoms with Crippen molar-refractivity contribution >= 4 is 23.9 Å². The molecule has 26 rings (SSSR count). The van der Waals surface area contributed by atoms with Crippen LogP contribution in [0.1, 0.15) is 302 Å². The molecular weight excluding hydrogens is 1800 g/mol. The molecule has 0 aliphatic heterocycles. The number of carbonyl (C=O) groups is 4. The standard InChI is InChI=1S/4C27H26O2.2C6H7N.2Rh/c4*1-13-7-19-22(10-16(13)4)27(26(28)29)23-11-17(5)14(2)8-20(23)25(19)21-9-15(3)18(6)12-24(21)27;2*1-6-4-2-3-5-7-6;;/h4*7-12,25H,1-6H3,(H,28,29);2*2-5H,1H3;;/q;;;;;;2*+2/p-4. The molecule has 12 aliphatic rings. The average molecular weight is 1920 g/mol. The first-order valence-corrected chi connectivity index (χ1v) is 45.5. The van der Waals surface area contributed by atoms with E-state index in [-0.39, 0.29) is 62.6 Å². The first-order valence-electron chi connectivity index (χ1n) is 45.5. The predicted molar refractivity (Wildman–Crippen MR) is 512 cm³/mol. The third-order valence-electron chi connectivity index (χ3n) is 31.4. The fourth-order valence-electron chi connectivity index (χ4n) is 22.8. The molecule has 0 saturated heterocycles. The van der Waals surface area contributed by atoms with Crippen molar-refractivity contribution in [3.63, 3.8) is 0 Å². The van der Waals surface area contributed by atoms with Crippen molar-refractivity contribution in [2.75, 3.05) is 0 Å². The van der Waals surface area contributed by atoms with Gasteiger partial charge in [-0.05, 0) is 471 Å². The Kier molecular flexibility index (Phi) is 24.6. The van der Waals surface area contributed by atoms with Gasteiger partial charge in [0.1, 0.15) is 0 Å². The van der Waals surface area contributed by atoms with E-state index in [0.29, 0.717) is 0 Å². The summed E-state index contributed by atoms with van der Waals surface area (Å²) in [6.07, 6.45) is 3.57. The molecule has 12 heteroatoms. The smallest absolute Gasteiger partial charge is 0.548 e. The summed E-state index contributed by atoms with van der Waals surface area (Å²) in [4.78, 5) is 60.3. The topological polar surface area (TPSA) is 186 Å². The molecule has 2 aromatic heterocycles. The van der Waals surface area contributed by atoms with Crippen molar-refractivity contribution in [1.82, 2.24) is 9.97 Å². The Morgan fingerprint density at radius 1 is 0.189 bits per heavy atom. The molecule has 10 nitrogen and oxygen atoms in total. The maximum atomic E-state index is 13.1. The van der Waals surface area contributed by atoms with Crippen LogP contribution in [0.4, 0.5) is 0 Å². The fraction of sp³-hybridized carbons (Fsp3) is 0.283. The molecular formula is C120H114N2O8Rh2. The second kappa shape index (κ2) is 34.3. The van der Waals surface area contributed by atoms with E-state index in [4.69, 9.17) is 0 Å². The number of carbonyl (C=O) groups excluding carboxylic acids is 4. The van der Waals surface area contributed by atoms with Crippen molar-refractivity contribution in [2.24, 2.45) is 0 Å². The van der Waals surface area contributed by atoms with Gasteiger partial charge in [-0.15, -0.1) is 0 Å². The molecule has 0 unspecified atom stereocenters. The molecule has 0 spiro atoms. The summed E-state index contributed by atoms with van der Waals surface area (Å²) < 4.78 is 0. The summed E-state index contributed by atoms with van der Waals surface area (Å²) in [5.74, 6) is -3.88. The molecule has 12 aromatic carbocycles. The summed E-state index contributed by atoms with van der Waals surface area (Å²) in [7, 11) is 0. The number of benzene rings is 12. The molecule has 8 bridgehead atoms. The van der Waals surface area contributed by atoms with Crippen molar-refractivity contribution in [3.05, 3.63) is 473 Å². The largest absolute Gasteiger partial charge is 2.00 e. The number of aryl methyl sites for hydroxylation is 26. The van der Waals surface area contributed by atoms with E-state index in [2.05, 4.69) is 322 Å². The number of hydrogen-bond donors (Lipinski definition) is 0. The molecule has 132 heavy (non-hydrogen) atoms. The first-order chi connectivity index (χ1) is 61.5. The van der Waals surface area contributed by atoms with Crippen molar-refractivity contribution in [3.8, 4) is 0 Å². The number of pyridine rings is 2. The Morgan fingerprint density at radius 2 is 0.295 bits per heavy atom. The summed E-state index contributed by atoms with van der Waals surface area (Å²) in [5.41, 5.74) is 48.9. The minimum absolute atomic E-state index is 0. The Morgan fingerprint density at radius 3 is 0.371 bits per heavy atom. The van der Waals surface area contributed by atoms with E-state index in [1.807, 2.05) is 50.2 Å². The van der Waals surface area contributed by atoms with Gasteiger partial charge in [-0.25, -0.2) is 0 Å². The van der Waals surface area contributed by atoms with Crippen LogP contribution >= 0.6 is 0 Å². The van der Waals surface area contributed by atoms with Gasteiger partial charge < -0.3 is 39.6 Å². The second-order valence-electron chi connectivity index (χ2n) is 39.1. The summed E-state index contributed by atoms with van der Waals surface area (Å²) in [5, 5.41) is 52.4. The Hall–Kier alpha value is -11.9. The zero-order valence-electron chi connectivity index (χ0n) is 80.6. The van der Waals surface area contributed by atoms with Crippen molar-refractivity contribution < 1.29 is 78.6 Å². The SMILES string of the molecule is Cc1cc2c(cc1C)C1(C(=O)[O-])c3cc(C)c(C)cc3C2c2cc(C)c(C)cc21.Cc1cc2c(cc1C)C1(C(=O)[O-])c3cc(C)c(C)cc3C2c2cc(C)c(C)cc21.Cc1cc2c(cc1C)C1(C(=O)[O-])c3cc(C)c(C)cc3C2c2cc(C)c(C)cc21.Cc1cc2c(cc1C)C1(C(=O)[O-])c3cc(C)c(C)cc3C2c2cc(C)c(C)cc21.Cc1ccccn1.Cc1ccccn1.[Rh+2].[Rh+2]. The molecule has 0 saturated carbocycles. The quantitative estimate of drug-likeness (QED) is 0.153. The number of rotatable bonds is 4. The number of carboxylic acid groups (broad SMARTS) is 4. The van der Waals surface area contributed by atoms with Gasteiger partial charge in [-0.2, -0.15) is 0 Å². The van der Waals surface area contributed by atoms with Crippen LogP contribution in [-0.4, -0.2) is 33.8 Å². The molecule has 0 N–H and O–H groups in total. The Labute approximate surface area is 804 Å². The fourth-order valence-corrected chi connectivity index (χ4v) is 22.8. The molecule has 2 radical (unpaired) electrons. The Bertz CT molecular complexity index is 5890. The van der Waals surface area contributed by atoms with Crippen LogP contribution in [0.5, 0.6) is 0 Å². The molecule has 2 heterocycles. The average Bonchev–Trinajstić information content (AvgIpc) is 0.683. The van der Waals surface area contributed by atoms with Gasteiger partial charge in [0.15, 0.2) is 0 Å². The number of aliphatic carboxylic acids is 4. The van der Waals surface area contributed by atoms with Gasteiger partial charge in [0.05, 0.1) is 45.5 Å². The van der Waals surface area contributed by atoms with Crippen molar-refractivity contribution in [1.29, 1.82) is 0 Å². The van der Waals surface area contributed by atoms with Crippen LogP contribution in [-0.2, 0) is 79.8 Å². The minimum atomic E-state index is -1.26. The summed E-state index contributed by atoms with van der Waals surface area (Å²) >= 11 is 0. The number of aromatic nitrogens is 2.